The van der Waals surface area contributed by atoms with E-state index in [-0.39, 0.29) is 23.6 Å². The third kappa shape index (κ3) is 2.67. The van der Waals surface area contributed by atoms with Gasteiger partial charge < -0.3 is 5.73 Å². The molecule has 0 heterocycles. The normalized spacial score (nSPS) is 16.4. The van der Waals surface area contributed by atoms with Gasteiger partial charge in [0.2, 0.25) is 0 Å². The smallest absolute Gasteiger partial charge is 0.164 e. The lowest BCUT2D eigenvalue weighted by Gasteiger charge is -2.14. The molecule has 0 saturated heterocycles. The Morgan fingerprint density at radius 3 is 2.50 bits per heavy atom. The average Bonchev–Trinajstić information content (AvgIpc) is 2.00. The average molecular weight is 164 g/mol. The van der Waals surface area contributed by atoms with Gasteiger partial charge in [0.15, 0.2) is 5.78 Å². The lowest BCUT2D eigenvalue weighted by Crippen LogP contribution is -2.37. The predicted octanol–water partition coefficient (Wildman–Crippen LogP) is 1.17. The highest BCUT2D eigenvalue weighted by molar-refractivity contribution is 6.28. The molecule has 0 aliphatic carbocycles. The molecule has 0 aliphatic heterocycles. The van der Waals surface area contributed by atoms with Crippen molar-refractivity contribution in [3.05, 3.63) is 0 Å². The van der Waals surface area contributed by atoms with Crippen molar-refractivity contribution in [1.82, 2.24) is 0 Å². The lowest BCUT2D eigenvalue weighted by molar-refractivity contribution is -0.118. The minimum absolute atomic E-state index is 0.0332. The van der Waals surface area contributed by atoms with Crippen LogP contribution < -0.4 is 5.73 Å². The molecule has 0 bridgehead atoms. The Kier molecular flexibility index (Phi) is 4.65. The topological polar surface area (TPSA) is 43.1 Å². The fourth-order valence-electron chi connectivity index (χ4n) is 0.660. The van der Waals surface area contributed by atoms with Crippen LogP contribution in [0.3, 0.4) is 0 Å². The molecule has 0 aromatic rings. The van der Waals surface area contributed by atoms with Gasteiger partial charge in [-0.05, 0) is 5.92 Å². The molecule has 0 rings (SSSR count). The van der Waals surface area contributed by atoms with E-state index in [1.54, 1.807) is 0 Å². The summed E-state index contributed by atoms with van der Waals surface area (Å²) in [7, 11) is 0. The van der Waals surface area contributed by atoms with Crippen LogP contribution in [0.25, 0.3) is 0 Å². The molecular formula is C7H14ClNO. The van der Waals surface area contributed by atoms with Gasteiger partial charge >= 0.3 is 0 Å². The van der Waals surface area contributed by atoms with E-state index in [1.165, 1.54) is 0 Å². The van der Waals surface area contributed by atoms with Gasteiger partial charge in [-0.15, -0.1) is 11.6 Å². The predicted molar refractivity (Wildman–Crippen MR) is 43.2 cm³/mol. The molecule has 0 aliphatic rings. The highest BCUT2D eigenvalue weighted by Gasteiger charge is 2.17. The van der Waals surface area contributed by atoms with Gasteiger partial charge in [-0.1, -0.05) is 20.3 Å². The summed E-state index contributed by atoms with van der Waals surface area (Å²) in [6.07, 6.45) is 0.920. The molecule has 0 amide bonds. The molecule has 0 unspecified atom stereocenters. The summed E-state index contributed by atoms with van der Waals surface area (Å²) in [5, 5.41) is 0. The van der Waals surface area contributed by atoms with Crippen molar-refractivity contribution in [2.75, 3.05) is 5.88 Å². The number of Topliss-reactive ketones (excluding diaryl/α,β-unsaturated/α-hetero) is 1. The summed E-state index contributed by atoms with van der Waals surface area (Å²) in [5.41, 5.74) is 5.55. The maximum Gasteiger partial charge on any atom is 0.164 e. The molecule has 2 atom stereocenters. The van der Waals surface area contributed by atoms with E-state index < -0.39 is 0 Å². The summed E-state index contributed by atoms with van der Waals surface area (Å²) in [6.45, 7) is 3.96. The standard InChI is InChI=1S/C7H14ClNO/c1-3-5(2)7(9)6(10)4-8/h5,7H,3-4,9H2,1-2H3/t5-,7-/m0/s1. The molecule has 0 fully saturated rings. The number of ketones is 1. The summed E-state index contributed by atoms with van der Waals surface area (Å²) < 4.78 is 0. The molecule has 0 spiro atoms. The third-order valence-corrected chi connectivity index (χ3v) is 2.02. The maximum absolute atomic E-state index is 10.9. The van der Waals surface area contributed by atoms with Crippen molar-refractivity contribution in [1.29, 1.82) is 0 Å². The molecule has 2 nitrogen and oxygen atoms in total. The van der Waals surface area contributed by atoms with Gasteiger partial charge in [0.1, 0.15) is 0 Å². The molecule has 60 valence electrons. The Morgan fingerprint density at radius 2 is 2.20 bits per heavy atom. The van der Waals surface area contributed by atoms with E-state index in [4.69, 9.17) is 17.3 Å². The van der Waals surface area contributed by atoms with Gasteiger partial charge in [0.25, 0.3) is 0 Å². The van der Waals surface area contributed by atoms with Crippen LogP contribution in [-0.2, 0) is 4.79 Å². The van der Waals surface area contributed by atoms with E-state index in [9.17, 15) is 4.79 Å². The molecule has 0 saturated carbocycles. The van der Waals surface area contributed by atoms with E-state index >= 15 is 0 Å². The van der Waals surface area contributed by atoms with Crippen LogP contribution in [0.4, 0.5) is 0 Å². The van der Waals surface area contributed by atoms with Crippen LogP contribution in [0.5, 0.6) is 0 Å². The first-order valence-corrected chi connectivity index (χ1v) is 4.01. The number of hydrogen-bond donors (Lipinski definition) is 1. The quantitative estimate of drug-likeness (QED) is 0.633. The molecule has 2 N–H and O–H groups in total. The fourth-order valence-corrected chi connectivity index (χ4v) is 0.839. The zero-order chi connectivity index (χ0) is 8.15. The summed E-state index contributed by atoms with van der Waals surface area (Å²) in [5.74, 6) is 0.216. The maximum atomic E-state index is 10.9. The van der Waals surface area contributed by atoms with E-state index in [2.05, 4.69) is 0 Å². The zero-order valence-corrected chi connectivity index (χ0v) is 7.19. The number of halogens is 1. The molecule has 0 aromatic carbocycles. The van der Waals surface area contributed by atoms with Crippen LogP contribution in [0.2, 0.25) is 0 Å². The van der Waals surface area contributed by atoms with E-state index in [0.29, 0.717) is 0 Å². The Bertz CT molecular complexity index is 116. The van der Waals surface area contributed by atoms with Crippen LogP contribution in [0.15, 0.2) is 0 Å². The first kappa shape index (κ1) is 9.92. The largest absolute Gasteiger partial charge is 0.321 e. The van der Waals surface area contributed by atoms with Crippen molar-refractivity contribution in [2.45, 2.75) is 26.3 Å². The first-order chi connectivity index (χ1) is 4.63. The Labute approximate surface area is 66.7 Å². The first-order valence-electron chi connectivity index (χ1n) is 3.47. The van der Waals surface area contributed by atoms with Gasteiger partial charge in [-0.25, -0.2) is 0 Å². The highest BCUT2D eigenvalue weighted by atomic mass is 35.5. The van der Waals surface area contributed by atoms with Crippen molar-refractivity contribution < 1.29 is 4.79 Å². The molecule has 0 aromatic heterocycles. The Hall–Kier alpha value is -0.0800. The SMILES string of the molecule is CC[C@H](C)[C@H](N)C(=O)CCl. The summed E-state index contributed by atoms with van der Waals surface area (Å²) in [6, 6.07) is -0.373. The van der Waals surface area contributed by atoms with Gasteiger partial charge in [-0.2, -0.15) is 0 Å². The van der Waals surface area contributed by atoms with E-state index in [0.717, 1.165) is 6.42 Å². The Balaban J connectivity index is 3.81. The number of carbonyl (C=O) groups excluding carboxylic acids is 1. The van der Waals surface area contributed by atoms with Crippen LogP contribution in [0, 0.1) is 5.92 Å². The number of nitrogens with two attached hydrogens (primary N) is 1. The summed E-state index contributed by atoms with van der Waals surface area (Å²) in [4.78, 5) is 10.9. The highest BCUT2D eigenvalue weighted by Crippen LogP contribution is 2.06. The number of hydrogen-bond acceptors (Lipinski definition) is 2. The minimum Gasteiger partial charge on any atom is -0.321 e. The Morgan fingerprint density at radius 1 is 1.70 bits per heavy atom. The second kappa shape index (κ2) is 4.69. The van der Waals surface area contributed by atoms with Crippen LogP contribution in [0.1, 0.15) is 20.3 Å². The van der Waals surface area contributed by atoms with E-state index in [1.807, 2.05) is 13.8 Å². The van der Waals surface area contributed by atoms with Gasteiger partial charge in [0, 0.05) is 0 Å². The number of rotatable bonds is 4. The van der Waals surface area contributed by atoms with Gasteiger partial charge in [0.05, 0.1) is 11.9 Å². The number of carbonyl (C=O) groups is 1. The van der Waals surface area contributed by atoms with Crippen molar-refractivity contribution in [2.24, 2.45) is 11.7 Å². The second-order valence-electron chi connectivity index (χ2n) is 2.51. The van der Waals surface area contributed by atoms with Crippen molar-refractivity contribution in [3.63, 3.8) is 0 Å². The van der Waals surface area contributed by atoms with Crippen molar-refractivity contribution >= 4 is 17.4 Å². The zero-order valence-electron chi connectivity index (χ0n) is 6.43. The fraction of sp³-hybridized carbons (Fsp3) is 0.857. The van der Waals surface area contributed by atoms with Crippen LogP contribution >= 0.6 is 11.6 Å². The monoisotopic (exact) mass is 163 g/mol. The lowest BCUT2D eigenvalue weighted by atomic mass is 9.97. The molecule has 0 radical (unpaired) electrons. The second-order valence-corrected chi connectivity index (χ2v) is 2.78. The molecular weight excluding hydrogens is 150 g/mol. The third-order valence-electron chi connectivity index (χ3n) is 1.76. The van der Waals surface area contributed by atoms with Crippen molar-refractivity contribution in [3.8, 4) is 0 Å². The molecule has 3 heteroatoms. The van der Waals surface area contributed by atoms with Crippen LogP contribution in [-0.4, -0.2) is 17.7 Å². The minimum atomic E-state index is -0.373. The number of alkyl halides is 1. The molecule has 10 heavy (non-hydrogen) atoms. The summed E-state index contributed by atoms with van der Waals surface area (Å²) >= 11 is 5.32. The van der Waals surface area contributed by atoms with Gasteiger partial charge in [-0.3, -0.25) is 4.79 Å².